The maximum absolute atomic E-state index is 9.20. The summed E-state index contributed by atoms with van der Waals surface area (Å²) in [5.74, 6) is 0.772. The Balaban J connectivity index is 2.13. The van der Waals surface area contributed by atoms with Crippen LogP contribution in [0.4, 0.5) is 5.82 Å². The summed E-state index contributed by atoms with van der Waals surface area (Å²) in [5.41, 5.74) is 1.62. The summed E-state index contributed by atoms with van der Waals surface area (Å²) in [4.78, 5) is 8.56. The van der Waals surface area contributed by atoms with Gasteiger partial charge in [0.2, 0.25) is 0 Å². The van der Waals surface area contributed by atoms with Crippen molar-refractivity contribution in [1.82, 2.24) is 9.88 Å². The smallest absolute Gasteiger partial charge is 0.146 e. The van der Waals surface area contributed by atoms with E-state index in [4.69, 9.17) is 5.26 Å². The highest BCUT2D eigenvalue weighted by Crippen LogP contribution is 2.21. The van der Waals surface area contributed by atoms with Gasteiger partial charge in [-0.3, -0.25) is 4.90 Å². The highest BCUT2D eigenvalue weighted by Gasteiger charge is 2.20. The van der Waals surface area contributed by atoms with E-state index in [9.17, 15) is 5.26 Å². The summed E-state index contributed by atoms with van der Waals surface area (Å²) in [6.07, 6.45) is 1.74. The molecule has 0 atom stereocenters. The van der Waals surface area contributed by atoms with E-state index in [0.717, 1.165) is 37.6 Å². The molecule has 0 N–H and O–H groups in total. The van der Waals surface area contributed by atoms with Crippen LogP contribution in [-0.2, 0) is 0 Å². The van der Waals surface area contributed by atoms with Crippen LogP contribution >= 0.6 is 0 Å². The van der Waals surface area contributed by atoms with Gasteiger partial charge in [-0.05, 0) is 18.6 Å². The molecule has 0 unspecified atom stereocenters. The third kappa shape index (κ3) is 2.42. The average Bonchev–Trinajstić information content (AvgIpc) is 2.40. The minimum atomic E-state index is 0.472. The molecule has 2 rings (SSSR count). The van der Waals surface area contributed by atoms with Crippen LogP contribution in [0, 0.1) is 29.6 Å². The van der Waals surface area contributed by atoms with E-state index in [1.165, 1.54) is 0 Å². The van der Waals surface area contributed by atoms with Gasteiger partial charge in [-0.25, -0.2) is 4.98 Å². The highest BCUT2D eigenvalue weighted by atomic mass is 15.3. The Bertz CT molecular complexity index is 503. The van der Waals surface area contributed by atoms with Crippen molar-refractivity contribution in [3.8, 4) is 12.1 Å². The molecular formula is C13H15N5. The molecule has 5 nitrogen and oxygen atoms in total. The van der Waals surface area contributed by atoms with Crippen molar-refractivity contribution in [3.63, 3.8) is 0 Å². The second-order valence-electron chi connectivity index (χ2n) is 4.36. The van der Waals surface area contributed by atoms with Crippen LogP contribution in [0.1, 0.15) is 11.1 Å². The van der Waals surface area contributed by atoms with Gasteiger partial charge < -0.3 is 4.90 Å². The van der Waals surface area contributed by atoms with Crippen molar-refractivity contribution in [2.45, 2.75) is 6.92 Å². The number of anilines is 1. The Labute approximate surface area is 107 Å². The van der Waals surface area contributed by atoms with Gasteiger partial charge in [-0.1, -0.05) is 0 Å². The van der Waals surface area contributed by atoms with Crippen LogP contribution in [-0.4, -0.2) is 42.6 Å². The van der Waals surface area contributed by atoms with Gasteiger partial charge in [-0.2, -0.15) is 10.5 Å². The molecule has 1 saturated heterocycles. The average molecular weight is 241 g/mol. The van der Waals surface area contributed by atoms with E-state index in [1.54, 1.807) is 6.20 Å². The first-order valence-corrected chi connectivity index (χ1v) is 5.96. The molecule has 18 heavy (non-hydrogen) atoms. The lowest BCUT2D eigenvalue weighted by Crippen LogP contribution is -2.47. The van der Waals surface area contributed by atoms with Crippen LogP contribution in [0.15, 0.2) is 12.3 Å². The van der Waals surface area contributed by atoms with Crippen LogP contribution in [0.2, 0.25) is 0 Å². The van der Waals surface area contributed by atoms with Crippen LogP contribution < -0.4 is 4.90 Å². The fourth-order valence-corrected chi connectivity index (χ4v) is 2.14. The van der Waals surface area contributed by atoms with Crippen molar-refractivity contribution in [2.75, 3.05) is 37.6 Å². The van der Waals surface area contributed by atoms with Gasteiger partial charge in [0.1, 0.15) is 11.9 Å². The third-order valence-corrected chi connectivity index (χ3v) is 3.22. The Hall–Kier alpha value is -2.11. The SMILES string of the molecule is Cc1ccnc(N2CCN(CC#N)CC2)c1C#N. The Morgan fingerprint density at radius 1 is 1.28 bits per heavy atom. The molecule has 0 aliphatic carbocycles. The summed E-state index contributed by atoms with van der Waals surface area (Å²) in [5, 5.41) is 17.9. The normalized spacial score (nSPS) is 16.1. The van der Waals surface area contributed by atoms with Gasteiger partial charge in [0.25, 0.3) is 0 Å². The number of pyridine rings is 1. The van der Waals surface area contributed by atoms with E-state index in [2.05, 4.69) is 26.9 Å². The molecule has 92 valence electrons. The van der Waals surface area contributed by atoms with Gasteiger partial charge in [0.15, 0.2) is 0 Å². The van der Waals surface area contributed by atoms with Crippen molar-refractivity contribution < 1.29 is 0 Å². The van der Waals surface area contributed by atoms with E-state index in [1.807, 2.05) is 13.0 Å². The van der Waals surface area contributed by atoms with Gasteiger partial charge in [0, 0.05) is 32.4 Å². The number of aromatic nitrogens is 1. The van der Waals surface area contributed by atoms with Crippen LogP contribution in [0.25, 0.3) is 0 Å². The highest BCUT2D eigenvalue weighted by molar-refractivity contribution is 5.57. The lowest BCUT2D eigenvalue weighted by molar-refractivity contribution is 0.286. The number of hydrogen-bond acceptors (Lipinski definition) is 5. The van der Waals surface area contributed by atoms with Crippen molar-refractivity contribution in [3.05, 3.63) is 23.4 Å². The Morgan fingerprint density at radius 3 is 2.61 bits per heavy atom. The largest absolute Gasteiger partial charge is 0.353 e. The zero-order chi connectivity index (χ0) is 13.0. The summed E-state index contributed by atoms with van der Waals surface area (Å²) < 4.78 is 0. The molecule has 5 heteroatoms. The Kier molecular flexibility index (Phi) is 3.76. The van der Waals surface area contributed by atoms with Crippen molar-refractivity contribution in [1.29, 1.82) is 10.5 Å². The molecule has 1 aromatic rings. The van der Waals surface area contributed by atoms with E-state index >= 15 is 0 Å². The topological polar surface area (TPSA) is 67.0 Å². The van der Waals surface area contributed by atoms with E-state index in [-0.39, 0.29) is 0 Å². The molecule has 1 fully saturated rings. The molecule has 1 aromatic heterocycles. The molecule has 1 aliphatic heterocycles. The maximum Gasteiger partial charge on any atom is 0.146 e. The monoisotopic (exact) mass is 241 g/mol. The minimum Gasteiger partial charge on any atom is -0.353 e. The lowest BCUT2D eigenvalue weighted by atomic mass is 10.1. The third-order valence-electron chi connectivity index (χ3n) is 3.22. The van der Waals surface area contributed by atoms with Gasteiger partial charge >= 0.3 is 0 Å². The quantitative estimate of drug-likeness (QED) is 0.720. The predicted molar refractivity (Wildman–Crippen MR) is 68.0 cm³/mol. The second kappa shape index (κ2) is 5.48. The van der Waals surface area contributed by atoms with E-state index in [0.29, 0.717) is 12.1 Å². The molecule has 0 spiro atoms. The predicted octanol–water partition coefficient (Wildman–Crippen LogP) is 0.907. The number of rotatable bonds is 2. The summed E-state index contributed by atoms with van der Waals surface area (Å²) in [7, 11) is 0. The molecule has 1 aliphatic rings. The molecule has 0 aromatic carbocycles. The number of hydrogen-bond donors (Lipinski definition) is 0. The fourth-order valence-electron chi connectivity index (χ4n) is 2.14. The standard InChI is InChI=1S/C13H15N5/c1-11-2-4-16-13(12(11)10-15)18-8-6-17(5-3-14)7-9-18/h2,4H,5-9H2,1H3. The van der Waals surface area contributed by atoms with Crippen molar-refractivity contribution >= 4 is 5.82 Å². The first-order chi connectivity index (χ1) is 8.76. The zero-order valence-corrected chi connectivity index (χ0v) is 10.4. The summed E-state index contributed by atoms with van der Waals surface area (Å²) in [6, 6.07) is 6.25. The summed E-state index contributed by atoms with van der Waals surface area (Å²) >= 11 is 0. The van der Waals surface area contributed by atoms with E-state index < -0.39 is 0 Å². The van der Waals surface area contributed by atoms with Gasteiger partial charge in [0.05, 0.1) is 18.2 Å². The summed E-state index contributed by atoms with van der Waals surface area (Å²) in [6.45, 7) is 5.71. The molecule has 0 saturated carbocycles. The number of nitrogens with zero attached hydrogens (tertiary/aromatic N) is 5. The number of nitriles is 2. The van der Waals surface area contributed by atoms with Crippen LogP contribution in [0.5, 0.6) is 0 Å². The molecule has 0 bridgehead atoms. The second-order valence-corrected chi connectivity index (χ2v) is 4.36. The van der Waals surface area contributed by atoms with Crippen LogP contribution in [0.3, 0.4) is 0 Å². The molecule has 2 heterocycles. The first-order valence-electron chi connectivity index (χ1n) is 5.96. The fraction of sp³-hybridized carbons (Fsp3) is 0.462. The number of piperazine rings is 1. The first kappa shape index (κ1) is 12.3. The number of aryl methyl sites for hydroxylation is 1. The zero-order valence-electron chi connectivity index (χ0n) is 10.4. The van der Waals surface area contributed by atoms with Gasteiger partial charge in [-0.15, -0.1) is 0 Å². The molecule has 0 amide bonds. The molecule has 0 radical (unpaired) electrons. The Morgan fingerprint density at radius 2 is 2.00 bits per heavy atom. The van der Waals surface area contributed by atoms with Crippen molar-refractivity contribution in [2.24, 2.45) is 0 Å². The lowest BCUT2D eigenvalue weighted by Gasteiger charge is -2.34. The minimum absolute atomic E-state index is 0.472. The molecular weight excluding hydrogens is 226 g/mol. The maximum atomic E-state index is 9.20.